The zero-order valence-corrected chi connectivity index (χ0v) is 17.0. The molecule has 1 atom stereocenters. The highest BCUT2D eigenvalue weighted by Crippen LogP contribution is 2.29. The number of anilines is 1. The van der Waals surface area contributed by atoms with Gasteiger partial charge in [0.1, 0.15) is 0 Å². The van der Waals surface area contributed by atoms with Gasteiger partial charge in [-0.1, -0.05) is 24.3 Å². The number of carbonyl (C=O) groups is 2. The van der Waals surface area contributed by atoms with Crippen molar-refractivity contribution in [3.63, 3.8) is 0 Å². The summed E-state index contributed by atoms with van der Waals surface area (Å²) in [4.78, 5) is 53.5. The number of fused-ring (bicyclic) bond motifs is 2. The normalized spacial score (nSPS) is 16.2. The fraction of sp³-hybridized carbons (Fsp3) is 0.227. The van der Waals surface area contributed by atoms with Crippen molar-refractivity contribution >= 4 is 39.6 Å². The van der Waals surface area contributed by atoms with E-state index in [1.807, 2.05) is 24.3 Å². The number of benzene rings is 2. The van der Waals surface area contributed by atoms with Gasteiger partial charge in [-0.15, -0.1) is 0 Å². The quantitative estimate of drug-likeness (QED) is 0.400. The molecule has 2 aromatic carbocycles. The van der Waals surface area contributed by atoms with Crippen molar-refractivity contribution in [2.24, 2.45) is 5.92 Å². The topological polar surface area (TPSA) is 133 Å². The first kappa shape index (κ1) is 19.7. The molecule has 3 heterocycles. The Morgan fingerprint density at radius 3 is 2.66 bits per heavy atom. The van der Waals surface area contributed by atoms with E-state index in [-0.39, 0.29) is 37.9 Å². The van der Waals surface area contributed by atoms with Crippen molar-refractivity contribution in [1.29, 1.82) is 0 Å². The van der Waals surface area contributed by atoms with Crippen LogP contribution in [0.25, 0.3) is 21.9 Å². The van der Waals surface area contributed by atoms with Crippen LogP contribution in [0.5, 0.6) is 0 Å². The van der Waals surface area contributed by atoms with E-state index in [1.54, 1.807) is 24.3 Å². The van der Waals surface area contributed by atoms with E-state index in [0.29, 0.717) is 16.9 Å². The predicted octanol–water partition coefficient (Wildman–Crippen LogP) is 0.735. The summed E-state index contributed by atoms with van der Waals surface area (Å²) in [5.74, 6) is -0.449. The van der Waals surface area contributed by atoms with E-state index in [1.165, 1.54) is 9.47 Å². The number of amides is 2. The number of hydrogen-bond acceptors (Lipinski definition) is 5. The molecule has 0 radical (unpaired) electrons. The number of rotatable bonds is 5. The number of aromatic amines is 2. The summed E-state index contributed by atoms with van der Waals surface area (Å²) in [6.45, 7) is 0.527. The largest absolute Gasteiger partial charge is 0.354 e. The number of nitrogens with zero attached hydrogens (tertiary/aromatic N) is 3. The molecule has 10 heteroatoms. The molecule has 1 aliphatic rings. The van der Waals surface area contributed by atoms with Gasteiger partial charge in [-0.3, -0.25) is 29.2 Å². The molecule has 2 aromatic heterocycles. The molecular formula is C22H20N6O4. The lowest BCUT2D eigenvalue weighted by atomic mass is 10.1. The highest BCUT2D eigenvalue weighted by atomic mass is 16.2. The van der Waals surface area contributed by atoms with Gasteiger partial charge in [-0.05, 0) is 24.3 Å². The third kappa shape index (κ3) is 3.35. The van der Waals surface area contributed by atoms with Gasteiger partial charge in [0.05, 0.1) is 22.5 Å². The van der Waals surface area contributed by atoms with Crippen LogP contribution >= 0.6 is 0 Å². The highest BCUT2D eigenvalue weighted by Gasteiger charge is 2.36. The smallest absolute Gasteiger partial charge is 0.316 e. The van der Waals surface area contributed by atoms with E-state index in [9.17, 15) is 19.2 Å². The second-order valence-corrected chi connectivity index (χ2v) is 7.72. The molecule has 0 bridgehead atoms. The zero-order valence-electron chi connectivity index (χ0n) is 17.0. The number of H-pyrrole nitrogens is 2. The lowest BCUT2D eigenvalue weighted by molar-refractivity contribution is -0.126. The van der Waals surface area contributed by atoms with Crippen LogP contribution in [0.3, 0.4) is 0 Å². The first-order chi connectivity index (χ1) is 15.5. The molecule has 5 rings (SSSR count). The number of nitrogens with one attached hydrogen (secondary N) is 3. The van der Waals surface area contributed by atoms with Crippen LogP contribution in [0.15, 0.2) is 58.1 Å². The molecule has 1 fully saturated rings. The third-order valence-corrected chi connectivity index (χ3v) is 5.72. The monoisotopic (exact) mass is 432 g/mol. The number of hydrogen-bond donors (Lipinski definition) is 3. The van der Waals surface area contributed by atoms with Crippen molar-refractivity contribution < 1.29 is 9.59 Å². The molecule has 10 nitrogen and oxygen atoms in total. The lowest BCUT2D eigenvalue weighted by Crippen LogP contribution is -2.40. The van der Waals surface area contributed by atoms with Crippen LogP contribution < -0.4 is 21.3 Å². The van der Waals surface area contributed by atoms with Crippen molar-refractivity contribution in [1.82, 2.24) is 25.1 Å². The average Bonchev–Trinajstić information content (AvgIpc) is 3.39. The predicted molar refractivity (Wildman–Crippen MR) is 118 cm³/mol. The Hall–Kier alpha value is -4.21. The molecule has 3 N–H and O–H groups in total. The first-order valence-electron chi connectivity index (χ1n) is 10.3. The Labute approximate surface area is 180 Å². The van der Waals surface area contributed by atoms with Crippen LogP contribution in [-0.4, -0.2) is 44.7 Å². The van der Waals surface area contributed by atoms with Gasteiger partial charge in [0.25, 0.3) is 0 Å². The SMILES string of the molecule is O=C(NCCn1c(=O)c(=O)[nH]c2ccccc21)C1CC(=O)N(c2n[nH]c3ccccc23)C1. The van der Waals surface area contributed by atoms with E-state index < -0.39 is 17.0 Å². The van der Waals surface area contributed by atoms with Gasteiger partial charge in [0.15, 0.2) is 5.82 Å². The van der Waals surface area contributed by atoms with Crippen molar-refractivity contribution in [2.45, 2.75) is 13.0 Å². The van der Waals surface area contributed by atoms with Crippen LogP contribution in [-0.2, 0) is 16.1 Å². The van der Waals surface area contributed by atoms with Gasteiger partial charge in [0.2, 0.25) is 11.8 Å². The molecule has 0 aliphatic carbocycles. The summed E-state index contributed by atoms with van der Waals surface area (Å²) in [6, 6.07) is 14.5. The van der Waals surface area contributed by atoms with E-state index >= 15 is 0 Å². The minimum absolute atomic E-state index is 0.0842. The Bertz CT molecular complexity index is 1470. The van der Waals surface area contributed by atoms with Crippen LogP contribution in [0.4, 0.5) is 5.82 Å². The molecule has 4 aromatic rings. The van der Waals surface area contributed by atoms with Crippen LogP contribution in [0.2, 0.25) is 0 Å². The Morgan fingerprint density at radius 1 is 1.06 bits per heavy atom. The standard InChI is InChI=1S/C22H20N6O4/c29-18-11-13(12-28(18)19-14-5-1-2-6-15(14)25-26-19)20(30)23-9-10-27-17-8-4-3-7-16(17)24-21(31)22(27)32/h1-8,13H,9-12H2,(H,23,30)(H,24,31)(H,25,26). The second-order valence-electron chi connectivity index (χ2n) is 7.72. The van der Waals surface area contributed by atoms with Gasteiger partial charge >= 0.3 is 11.1 Å². The number of para-hydroxylation sites is 3. The summed E-state index contributed by atoms with van der Waals surface area (Å²) in [5.41, 5.74) is 0.563. The fourth-order valence-corrected chi connectivity index (χ4v) is 4.12. The van der Waals surface area contributed by atoms with Gasteiger partial charge in [-0.2, -0.15) is 5.10 Å². The molecule has 1 unspecified atom stereocenters. The Morgan fingerprint density at radius 2 is 1.81 bits per heavy atom. The van der Waals surface area contributed by atoms with Crippen molar-refractivity contribution in [2.75, 3.05) is 18.0 Å². The van der Waals surface area contributed by atoms with Crippen LogP contribution in [0.1, 0.15) is 6.42 Å². The zero-order chi connectivity index (χ0) is 22.2. The Balaban J connectivity index is 1.27. The fourth-order valence-electron chi connectivity index (χ4n) is 4.12. The molecule has 32 heavy (non-hydrogen) atoms. The summed E-state index contributed by atoms with van der Waals surface area (Å²) in [7, 11) is 0. The molecular weight excluding hydrogens is 412 g/mol. The number of carbonyl (C=O) groups excluding carboxylic acids is 2. The molecule has 1 aliphatic heterocycles. The van der Waals surface area contributed by atoms with Crippen molar-refractivity contribution in [3.05, 3.63) is 69.2 Å². The minimum Gasteiger partial charge on any atom is -0.354 e. The lowest BCUT2D eigenvalue weighted by Gasteiger charge is -2.15. The maximum absolute atomic E-state index is 12.7. The minimum atomic E-state index is -0.710. The highest BCUT2D eigenvalue weighted by molar-refractivity contribution is 6.05. The first-order valence-corrected chi connectivity index (χ1v) is 10.3. The number of aromatic nitrogens is 4. The van der Waals surface area contributed by atoms with E-state index in [0.717, 1.165) is 10.9 Å². The molecule has 2 amide bonds. The van der Waals surface area contributed by atoms with Gasteiger partial charge in [-0.25, -0.2) is 0 Å². The summed E-state index contributed by atoms with van der Waals surface area (Å²) in [5, 5.41) is 10.8. The van der Waals surface area contributed by atoms with Crippen molar-refractivity contribution in [3.8, 4) is 0 Å². The van der Waals surface area contributed by atoms with Gasteiger partial charge in [0, 0.05) is 31.4 Å². The van der Waals surface area contributed by atoms with Crippen LogP contribution in [0, 0.1) is 5.92 Å². The summed E-state index contributed by atoms with van der Waals surface area (Å²) < 4.78 is 1.34. The molecule has 0 saturated carbocycles. The van der Waals surface area contributed by atoms with E-state index in [4.69, 9.17) is 0 Å². The third-order valence-electron chi connectivity index (χ3n) is 5.72. The summed E-state index contributed by atoms with van der Waals surface area (Å²) in [6.07, 6.45) is 0.0842. The Kier molecular flexibility index (Phi) is 4.81. The second kappa shape index (κ2) is 7.80. The maximum Gasteiger partial charge on any atom is 0.316 e. The molecule has 1 saturated heterocycles. The molecule has 0 spiro atoms. The average molecular weight is 432 g/mol. The van der Waals surface area contributed by atoms with E-state index in [2.05, 4.69) is 20.5 Å². The van der Waals surface area contributed by atoms with Gasteiger partial charge < -0.3 is 14.9 Å². The maximum atomic E-state index is 12.7. The summed E-state index contributed by atoms with van der Waals surface area (Å²) >= 11 is 0. The molecule has 162 valence electrons.